The van der Waals surface area contributed by atoms with Crippen molar-refractivity contribution in [2.75, 3.05) is 13.6 Å². The van der Waals surface area contributed by atoms with Crippen LogP contribution in [0.1, 0.15) is 44.3 Å². The van der Waals surface area contributed by atoms with E-state index in [-0.39, 0.29) is 11.4 Å². The third-order valence-corrected chi connectivity index (χ3v) is 4.90. The Balaban J connectivity index is 1.78. The molecule has 0 bridgehead atoms. The van der Waals surface area contributed by atoms with Crippen molar-refractivity contribution in [3.63, 3.8) is 0 Å². The van der Waals surface area contributed by atoms with Crippen molar-refractivity contribution in [1.82, 2.24) is 15.2 Å². The molecule has 1 heterocycles. The fraction of sp³-hybridized carbons (Fsp3) is 0.733. The maximum absolute atomic E-state index is 12.0. The quantitative estimate of drug-likeness (QED) is 0.877. The molecule has 118 valence electrons. The molecular weight excluding hydrogens is 286 g/mol. The number of nitrogens with one attached hydrogen (secondary N) is 1. The van der Waals surface area contributed by atoms with Crippen molar-refractivity contribution >= 4 is 17.4 Å². The molecule has 0 aromatic carbocycles. The van der Waals surface area contributed by atoms with E-state index in [0.29, 0.717) is 19.0 Å². The zero-order chi connectivity index (χ0) is 15.6. The van der Waals surface area contributed by atoms with Crippen molar-refractivity contribution in [3.8, 4) is 0 Å². The Labute approximate surface area is 130 Å². The average molecular weight is 311 g/mol. The highest BCUT2D eigenvalue weighted by Gasteiger charge is 2.31. The molecule has 21 heavy (non-hydrogen) atoms. The molecular formula is C15H25N3O2S. The van der Waals surface area contributed by atoms with E-state index in [4.69, 9.17) is 0 Å². The van der Waals surface area contributed by atoms with E-state index in [1.807, 2.05) is 5.38 Å². The van der Waals surface area contributed by atoms with Crippen LogP contribution in [0.4, 0.5) is 4.79 Å². The van der Waals surface area contributed by atoms with E-state index >= 15 is 0 Å². The molecule has 1 aliphatic carbocycles. The lowest BCUT2D eigenvalue weighted by atomic mass is 9.98. The fourth-order valence-electron chi connectivity index (χ4n) is 2.03. The number of rotatable bonds is 5. The SMILES string of the molecule is CN(CC(O)C1CC1)C(=O)NCc1csc(C(C)(C)C)n1. The maximum Gasteiger partial charge on any atom is 0.317 e. The molecule has 1 saturated carbocycles. The van der Waals surface area contributed by atoms with Gasteiger partial charge in [0.25, 0.3) is 0 Å². The van der Waals surface area contributed by atoms with E-state index in [0.717, 1.165) is 23.5 Å². The lowest BCUT2D eigenvalue weighted by Crippen LogP contribution is -2.41. The summed E-state index contributed by atoms with van der Waals surface area (Å²) in [5.74, 6) is 0.383. The molecule has 6 heteroatoms. The van der Waals surface area contributed by atoms with Gasteiger partial charge in [0, 0.05) is 24.4 Å². The van der Waals surface area contributed by atoms with Gasteiger partial charge in [0.05, 0.1) is 23.4 Å². The third-order valence-electron chi connectivity index (χ3n) is 3.59. The van der Waals surface area contributed by atoms with Gasteiger partial charge in [-0.1, -0.05) is 20.8 Å². The molecule has 2 rings (SSSR count). The van der Waals surface area contributed by atoms with Crippen LogP contribution < -0.4 is 5.32 Å². The highest BCUT2D eigenvalue weighted by Crippen LogP contribution is 2.32. The van der Waals surface area contributed by atoms with E-state index in [1.54, 1.807) is 23.3 Å². The Morgan fingerprint density at radius 1 is 1.57 bits per heavy atom. The first-order valence-electron chi connectivity index (χ1n) is 7.39. The number of thiazole rings is 1. The van der Waals surface area contributed by atoms with Gasteiger partial charge in [0.1, 0.15) is 0 Å². The van der Waals surface area contributed by atoms with Gasteiger partial charge >= 0.3 is 6.03 Å². The molecule has 0 aliphatic heterocycles. The molecule has 1 atom stereocenters. The first kappa shape index (κ1) is 16.2. The van der Waals surface area contributed by atoms with Crippen LogP contribution in [0.5, 0.6) is 0 Å². The number of carbonyl (C=O) groups excluding carboxylic acids is 1. The first-order valence-corrected chi connectivity index (χ1v) is 8.27. The standard InChI is InChI=1S/C15H25N3O2S/c1-15(2,3)13-17-11(9-21-13)7-16-14(20)18(4)8-12(19)10-5-6-10/h9-10,12,19H,5-8H2,1-4H3,(H,16,20). The topological polar surface area (TPSA) is 65.5 Å². The zero-order valence-electron chi connectivity index (χ0n) is 13.2. The monoisotopic (exact) mass is 311 g/mol. The predicted octanol–water partition coefficient (Wildman–Crippen LogP) is 2.35. The third kappa shape index (κ3) is 4.68. The second-order valence-electron chi connectivity index (χ2n) is 6.84. The molecule has 0 radical (unpaired) electrons. The Morgan fingerprint density at radius 3 is 2.76 bits per heavy atom. The van der Waals surface area contributed by atoms with Gasteiger partial charge in [-0.15, -0.1) is 11.3 Å². The number of aliphatic hydroxyl groups excluding tert-OH is 1. The van der Waals surface area contributed by atoms with Crippen LogP contribution in [0.3, 0.4) is 0 Å². The summed E-state index contributed by atoms with van der Waals surface area (Å²) in [6.45, 7) is 7.19. The minimum atomic E-state index is -0.396. The van der Waals surface area contributed by atoms with E-state index in [2.05, 4.69) is 31.1 Å². The van der Waals surface area contributed by atoms with Crippen LogP contribution in [0.2, 0.25) is 0 Å². The molecule has 2 N–H and O–H groups in total. The van der Waals surface area contributed by atoms with Crippen molar-refractivity contribution in [3.05, 3.63) is 16.1 Å². The fourth-order valence-corrected chi connectivity index (χ4v) is 2.93. The summed E-state index contributed by atoms with van der Waals surface area (Å²) in [4.78, 5) is 18.1. The second-order valence-corrected chi connectivity index (χ2v) is 7.70. The van der Waals surface area contributed by atoms with E-state index in [9.17, 15) is 9.90 Å². The summed E-state index contributed by atoms with van der Waals surface area (Å²) in [5.41, 5.74) is 0.923. The van der Waals surface area contributed by atoms with Gasteiger partial charge in [0.2, 0.25) is 0 Å². The van der Waals surface area contributed by atoms with Crippen molar-refractivity contribution < 1.29 is 9.90 Å². The highest BCUT2D eigenvalue weighted by atomic mass is 32.1. The lowest BCUT2D eigenvalue weighted by molar-refractivity contribution is 0.113. The van der Waals surface area contributed by atoms with Gasteiger partial charge in [0.15, 0.2) is 0 Å². The first-order chi connectivity index (χ1) is 9.77. The summed E-state index contributed by atoms with van der Waals surface area (Å²) < 4.78 is 0. The van der Waals surface area contributed by atoms with Crippen LogP contribution >= 0.6 is 11.3 Å². The van der Waals surface area contributed by atoms with Gasteiger partial charge in [-0.3, -0.25) is 0 Å². The normalized spacial score (nSPS) is 16.6. The Hall–Kier alpha value is -1.14. The van der Waals surface area contributed by atoms with Crippen LogP contribution in [0.15, 0.2) is 5.38 Å². The van der Waals surface area contributed by atoms with Gasteiger partial charge in [-0.2, -0.15) is 0 Å². The van der Waals surface area contributed by atoms with Crippen LogP contribution in [0.25, 0.3) is 0 Å². The largest absolute Gasteiger partial charge is 0.391 e. The van der Waals surface area contributed by atoms with Crippen LogP contribution in [0, 0.1) is 5.92 Å². The second kappa shape index (κ2) is 6.32. The molecule has 2 amide bonds. The smallest absolute Gasteiger partial charge is 0.317 e. The van der Waals surface area contributed by atoms with Crippen LogP contribution in [-0.4, -0.2) is 40.7 Å². The van der Waals surface area contributed by atoms with Crippen LogP contribution in [-0.2, 0) is 12.0 Å². The molecule has 0 saturated heterocycles. The van der Waals surface area contributed by atoms with Gasteiger partial charge < -0.3 is 15.3 Å². The molecule has 1 aromatic rings. The molecule has 1 aliphatic rings. The number of carbonyl (C=O) groups is 1. The van der Waals surface area contributed by atoms with Crippen molar-refractivity contribution in [2.24, 2.45) is 5.92 Å². The molecule has 1 unspecified atom stereocenters. The van der Waals surface area contributed by atoms with Gasteiger partial charge in [-0.05, 0) is 18.8 Å². The summed E-state index contributed by atoms with van der Waals surface area (Å²) in [7, 11) is 1.71. The van der Waals surface area contributed by atoms with Crippen molar-refractivity contribution in [2.45, 2.75) is 51.7 Å². The highest BCUT2D eigenvalue weighted by molar-refractivity contribution is 7.09. The summed E-state index contributed by atoms with van der Waals surface area (Å²) >= 11 is 1.62. The van der Waals surface area contributed by atoms with Gasteiger partial charge in [-0.25, -0.2) is 9.78 Å². The summed E-state index contributed by atoms with van der Waals surface area (Å²) in [6, 6.07) is -0.167. The average Bonchev–Trinajstić information content (AvgIpc) is 3.13. The molecule has 1 fully saturated rings. The number of hydrogen-bond acceptors (Lipinski definition) is 4. The number of hydrogen-bond donors (Lipinski definition) is 2. The Morgan fingerprint density at radius 2 is 2.24 bits per heavy atom. The number of urea groups is 1. The molecule has 5 nitrogen and oxygen atoms in total. The Bertz CT molecular complexity index is 491. The van der Waals surface area contributed by atoms with E-state index < -0.39 is 6.10 Å². The minimum Gasteiger partial charge on any atom is -0.391 e. The van der Waals surface area contributed by atoms with Crippen molar-refractivity contribution in [1.29, 1.82) is 0 Å². The Kier molecular flexibility index (Phi) is 4.88. The maximum atomic E-state index is 12.0. The molecule has 1 aromatic heterocycles. The molecule has 0 spiro atoms. The number of aromatic nitrogens is 1. The predicted molar refractivity (Wildman–Crippen MR) is 84.4 cm³/mol. The summed E-state index contributed by atoms with van der Waals surface area (Å²) in [5, 5.41) is 15.8. The summed E-state index contributed by atoms with van der Waals surface area (Å²) in [6.07, 6.45) is 1.75. The number of amides is 2. The number of nitrogens with zero attached hydrogens (tertiary/aromatic N) is 2. The number of aliphatic hydroxyl groups is 1. The number of likely N-dealkylation sites (N-methyl/N-ethyl adjacent to an activating group) is 1. The zero-order valence-corrected chi connectivity index (χ0v) is 14.0. The minimum absolute atomic E-state index is 0.0398. The lowest BCUT2D eigenvalue weighted by Gasteiger charge is -2.21. The van der Waals surface area contributed by atoms with E-state index in [1.165, 1.54) is 0 Å².